The molecule has 0 spiro atoms. The Labute approximate surface area is 50.0 Å². The van der Waals surface area contributed by atoms with Gasteiger partial charge in [-0.1, -0.05) is 17.9 Å². The number of hydrogen-bond donors (Lipinski definition) is 1. The van der Waals surface area contributed by atoms with E-state index in [2.05, 4.69) is 5.09 Å². The van der Waals surface area contributed by atoms with Crippen LogP contribution in [-0.4, -0.2) is 6.54 Å². The summed E-state index contributed by atoms with van der Waals surface area (Å²) in [6, 6.07) is 0. The molecule has 0 aliphatic carbocycles. The lowest BCUT2D eigenvalue weighted by Crippen LogP contribution is -2.10. The number of unbranched alkanes of at least 4 members (excludes halogenated alkanes) is 1. The molecular formula is C4H10NO2P. The van der Waals surface area contributed by atoms with Crippen LogP contribution in [0.4, 0.5) is 0 Å². The molecule has 0 aromatic rings. The molecule has 4 heteroatoms. The van der Waals surface area contributed by atoms with Crippen LogP contribution in [0.1, 0.15) is 19.8 Å². The molecule has 0 heterocycles. The SMILES string of the molecule is CCCCN[P+](=O)[O-]. The molecule has 0 aromatic carbocycles. The van der Waals surface area contributed by atoms with Gasteiger partial charge in [-0.15, -0.1) is 5.09 Å². The maximum Gasteiger partial charge on any atom is 0.408 e. The van der Waals surface area contributed by atoms with Gasteiger partial charge in [0.2, 0.25) is 0 Å². The average Bonchev–Trinajstić information content (AvgIpc) is 1.66. The fourth-order valence-electron chi connectivity index (χ4n) is 0.347. The zero-order valence-corrected chi connectivity index (χ0v) is 5.78. The van der Waals surface area contributed by atoms with Crippen LogP contribution in [0.25, 0.3) is 0 Å². The summed E-state index contributed by atoms with van der Waals surface area (Å²) in [5.74, 6) is 0. The van der Waals surface area contributed by atoms with Crippen molar-refractivity contribution in [2.45, 2.75) is 19.8 Å². The molecule has 3 nitrogen and oxygen atoms in total. The van der Waals surface area contributed by atoms with Crippen molar-refractivity contribution >= 4 is 8.18 Å². The Morgan fingerprint density at radius 2 is 2.38 bits per heavy atom. The van der Waals surface area contributed by atoms with E-state index in [1.165, 1.54) is 0 Å². The summed E-state index contributed by atoms with van der Waals surface area (Å²) in [5.41, 5.74) is 0. The fraction of sp³-hybridized carbons (Fsp3) is 1.00. The van der Waals surface area contributed by atoms with Crippen LogP contribution in [0.2, 0.25) is 0 Å². The smallest absolute Gasteiger partial charge is 0.408 e. The molecule has 8 heavy (non-hydrogen) atoms. The van der Waals surface area contributed by atoms with E-state index in [0.29, 0.717) is 6.54 Å². The summed E-state index contributed by atoms with van der Waals surface area (Å²) >= 11 is 0. The Balaban J connectivity index is 2.82. The Bertz CT molecular complexity index is 76.4. The molecule has 1 unspecified atom stereocenters. The highest BCUT2D eigenvalue weighted by Gasteiger charge is 1.93. The highest BCUT2D eigenvalue weighted by atomic mass is 31.1. The van der Waals surface area contributed by atoms with Gasteiger partial charge in [-0.2, -0.15) is 0 Å². The van der Waals surface area contributed by atoms with Crippen molar-refractivity contribution in [3.8, 4) is 0 Å². The van der Waals surface area contributed by atoms with Crippen LogP contribution in [-0.2, 0) is 4.57 Å². The fourth-order valence-corrected chi connectivity index (χ4v) is 0.688. The van der Waals surface area contributed by atoms with E-state index in [1.807, 2.05) is 6.92 Å². The van der Waals surface area contributed by atoms with Crippen LogP contribution in [0.15, 0.2) is 0 Å². The van der Waals surface area contributed by atoms with Crippen LogP contribution >= 0.6 is 8.18 Å². The minimum atomic E-state index is -2.36. The summed E-state index contributed by atoms with van der Waals surface area (Å²) in [4.78, 5) is 9.80. The van der Waals surface area contributed by atoms with Gasteiger partial charge in [-0.05, 0) is 6.42 Å². The molecule has 1 atom stereocenters. The highest BCUT2D eigenvalue weighted by Crippen LogP contribution is 1.97. The molecule has 0 bridgehead atoms. The Kier molecular flexibility index (Phi) is 5.18. The topological polar surface area (TPSA) is 52.2 Å². The lowest BCUT2D eigenvalue weighted by molar-refractivity contribution is -0.167. The number of rotatable bonds is 4. The van der Waals surface area contributed by atoms with E-state index in [0.717, 1.165) is 12.8 Å². The van der Waals surface area contributed by atoms with Crippen LogP contribution in [0, 0.1) is 0 Å². The molecule has 0 saturated heterocycles. The maximum atomic E-state index is 9.80. The first-order chi connectivity index (χ1) is 3.77. The van der Waals surface area contributed by atoms with Crippen molar-refractivity contribution in [3.63, 3.8) is 0 Å². The van der Waals surface area contributed by atoms with Crippen molar-refractivity contribution in [2.24, 2.45) is 0 Å². The Morgan fingerprint density at radius 3 is 2.75 bits per heavy atom. The summed E-state index contributed by atoms with van der Waals surface area (Å²) in [6.07, 6.45) is 1.94. The third kappa shape index (κ3) is 6.02. The second kappa shape index (κ2) is 5.16. The van der Waals surface area contributed by atoms with Gasteiger partial charge in [0, 0.05) is 6.54 Å². The average molecular weight is 135 g/mol. The standard InChI is InChI=1S/C4H10NO2P/c1-2-3-4-5-8(6)7/h2-4H2,1H3,(H,5,6,7). The largest absolute Gasteiger partial charge is 0.578 e. The van der Waals surface area contributed by atoms with E-state index in [4.69, 9.17) is 0 Å². The van der Waals surface area contributed by atoms with Crippen molar-refractivity contribution < 1.29 is 9.46 Å². The molecule has 0 saturated carbocycles. The van der Waals surface area contributed by atoms with Gasteiger partial charge in [-0.3, -0.25) is 0 Å². The van der Waals surface area contributed by atoms with Gasteiger partial charge in [0.15, 0.2) is 0 Å². The minimum absolute atomic E-state index is 0.579. The zero-order valence-electron chi connectivity index (χ0n) is 4.89. The van der Waals surface area contributed by atoms with Crippen LogP contribution in [0.3, 0.4) is 0 Å². The van der Waals surface area contributed by atoms with Gasteiger partial charge in [0.1, 0.15) is 0 Å². The first-order valence-corrected chi connectivity index (χ1v) is 3.83. The first-order valence-electron chi connectivity index (χ1n) is 2.65. The van der Waals surface area contributed by atoms with E-state index < -0.39 is 8.18 Å². The molecular weight excluding hydrogens is 125 g/mol. The lowest BCUT2D eigenvalue weighted by atomic mass is 10.3. The van der Waals surface area contributed by atoms with Crippen molar-refractivity contribution in [2.75, 3.05) is 6.54 Å². The van der Waals surface area contributed by atoms with Gasteiger partial charge < -0.3 is 4.89 Å². The van der Waals surface area contributed by atoms with E-state index in [1.54, 1.807) is 0 Å². The zero-order chi connectivity index (χ0) is 6.41. The predicted molar refractivity (Wildman–Crippen MR) is 30.5 cm³/mol. The first kappa shape index (κ1) is 8.02. The molecule has 0 fully saturated rings. The summed E-state index contributed by atoms with van der Waals surface area (Å²) in [5, 5.41) is 2.30. The van der Waals surface area contributed by atoms with E-state index in [9.17, 15) is 9.46 Å². The maximum absolute atomic E-state index is 9.80. The van der Waals surface area contributed by atoms with Crippen molar-refractivity contribution in [1.82, 2.24) is 5.09 Å². The molecule has 1 N–H and O–H groups in total. The van der Waals surface area contributed by atoms with E-state index in [-0.39, 0.29) is 0 Å². The van der Waals surface area contributed by atoms with Gasteiger partial charge in [0.25, 0.3) is 0 Å². The second-order valence-corrected chi connectivity index (χ2v) is 2.35. The second-order valence-electron chi connectivity index (χ2n) is 1.52. The Morgan fingerprint density at radius 1 is 1.75 bits per heavy atom. The minimum Gasteiger partial charge on any atom is -0.578 e. The number of nitrogens with one attached hydrogen (secondary N) is 1. The third-order valence-corrected chi connectivity index (χ3v) is 1.25. The number of hydrogen-bond acceptors (Lipinski definition) is 2. The lowest BCUT2D eigenvalue weighted by Gasteiger charge is -1.89. The predicted octanol–water partition coefficient (Wildman–Crippen LogP) is 0.394. The Hall–Kier alpha value is 0.0200. The summed E-state index contributed by atoms with van der Waals surface area (Å²) < 4.78 is 9.80. The molecule has 0 aliphatic heterocycles. The highest BCUT2D eigenvalue weighted by molar-refractivity contribution is 7.33. The molecule has 0 radical (unpaired) electrons. The molecule has 0 aliphatic rings. The molecule has 0 aromatic heterocycles. The van der Waals surface area contributed by atoms with Crippen molar-refractivity contribution in [1.29, 1.82) is 0 Å². The quantitative estimate of drug-likeness (QED) is 0.448. The molecule has 48 valence electrons. The summed E-state index contributed by atoms with van der Waals surface area (Å²) in [6.45, 7) is 2.59. The summed E-state index contributed by atoms with van der Waals surface area (Å²) in [7, 11) is -2.36. The van der Waals surface area contributed by atoms with Crippen molar-refractivity contribution in [3.05, 3.63) is 0 Å². The third-order valence-electron chi connectivity index (χ3n) is 0.771. The van der Waals surface area contributed by atoms with Gasteiger partial charge in [0.05, 0.1) is 0 Å². The van der Waals surface area contributed by atoms with E-state index >= 15 is 0 Å². The van der Waals surface area contributed by atoms with Gasteiger partial charge in [-0.25, -0.2) is 0 Å². The monoisotopic (exact) mass is 135 g/mol. The van der Waals surface area contributed by atoms with Crippen LogP contribution < -0.4 is 9.98 Å². The van der Waals surface area contributed by atoms with Crippen LogP contribution in [0.5, 0.6) is 0 Å². The normalized spacial score (nSPS) is 11.5. The molecule has 0 amide bonds. The molecule has 0 rings (SSSR count). The van der Waals surface area contributed by atoms with Gasteiger partial charge >= 0.3 is 8.18 Å².